The van der Waals surface area contributed by atoms with E-state index in [0.717, 1.165) is 11.3 Å². The fourth-order valence-electron chi connectivity index (χ4n) is 2.66. The predicted octanol–water partition coefficient (Wildman–Crippen LogP) is 1.50. The van der Waals surface area contributed by atoms with Gasteiger partial charge in [-0.2, -0.15) is 10.1 Å². The van der Waals surface area contributed by atoms with Crippen molar-refractivity contribution in [1.29, 1.82) is 0 Å². The Balaban J connectivity index is 2.23. The van der Waals surface area contributed by atoms with E-state index in [9.17, 15) is 4.79 Å². The predicted molar refractivity (Wildman–Crippen MR) is 86.2 cm³/mol. The Hall–Kier alpha value is -2.29. The molecule has 122 valence electrons. The molecule has 1 N–H and O–H groups in total. The SMILES string of the molecule is COC(=O)C1=C(C)Nc2nc(SC)nn2[C@@H]1c1cnn(C)c1C. The minimum atomic E-state index is -0.416. The van der Waals surface area contributed by atoms with E-state index < -0.39 is 12.0 Å². The maximum atomic E-state index is 12.4. The summed E-state index contributed by atoms with van der Waals surface area (Å²) in [5.74, 6) is 0.211. The molecule has 0 aliphatic carbocycles. The summed E-state index contributed by atoms with van der Waals surface area (Å²) in [5, 5.41) is 12.6. The minimum Gasteiger partial charge on any atom is -0.466 e. The zero-order valence-electron chi connectivity index (χ0n) is 13.6. The molecule has 2 aromatic heterocycles. The van der Waals surface area contributed by atoms with Gasteiger partial charge in [0.25, 0.3) is 0 Å². The number of rotatable bonds is 3. The first-order valence-corrected chi connectivity index (χ1v) is 8.25. The fourth-order valence-corrected chi connectivity index (χ4v) is 3.01. The quantitative estimate of drug-likeness (QED) is 0.672. The van der Waals surface area contributed by atoms with Gasteiger partial charge in [0.1, 0.15) is 6.04 Å². The summed E-state index contributed by atoms with van der Waals surface area (Å²) in [4.78, 5) is 16.8. The second kappa shape index (κ2) is 5.73. The minimum absolute atomic E-state index is 0.393. The highest BCUT2D eigenvalue weighted by molar-refractivity contribution is 7.98. The van der Waals surface area contributed by atoms with Gasteiger partial charge in [-0.05, 0) is 20.1 Å². The summed E-state index contributed by atoms with van der Waals surface area (Å²) in [6, 6.07) is -0.416. The van der Waals surface area contributed by atoms with Crippen molar-refractivity contribution >= 4 is 23.7 Å². The van der Waals surface area contributed by atoms with Crippen LogP contribution < -0.4 is 5.32 Å². The van der Waals surface area contributed by atoms with Crippen LogP contribution in [0.5, 0.6) is 0 Å². The molecular weight excluding hydrogens is 316 g/mol. The summed E-state index contributed by atoms with van der Waals surface area (Å²) >= 11 is 1.45. The standard InChI is InChI=1S/C14H18N6O2S/c1-7-10(12(21)22-4)11(9-6-15-19(3)8(9)2)20-13(16-7)17-14(18-20)23-5/h6,11H,1-5H3,(H,16,17,18)/t11-/m1/s1. The number of thioether (sulfide) groups is 1. The molecule has 3 heterocycles. The van der Waals surface area contributed by atoms with Crippen LogP contribution in [0.3, 0.4) is 0 Å². The lowest BCUT2D eigenvalue weighted by atomic mass is 9.96. The second-order valence-corrected chi connectivity index (χ2v) is 6.01. The van der Waals surface area contributed by atoms with Gasteiger partial charge in [-0.3, -0.25) is 4.68 Å². The van der Waals surface area contributed by atoms with E-state index >= 15 is 0 Å². The van der Waals surface area contributed by atoms with Crippen LogP contribution in [0.1, 0.15) is 24.2 Å². The maximum absolute atomic E-state index is 12.4. The van der Waals surface area contributed by atoms with E-state index in [-0.39, 0.29) is 0 Å². The van der Waals surface area contributed by atoms with Crippen molar-refractivity contribution in [3.63, 3.8) is 0 Å². The molecular formula is C14H18N6O2S. The summed E-state index contributed by atoms with van der Waals surface area (Å²) < 4.78 is 8.46. The van der Waals surface area contributed by atoms with E-state index in [0.29, 0.717) is 22.4 Å². The Morgan fingerprint density at radius 3 is 2.74 bits per heavy atom. The van der Waals surface area contributed by atoms with Gasteiger partial charge >= 0.3 is 5.97 Å². The fraction of sp³-hybridized carbons (Fsp3) is 0.429. The topological polar surface area (TPSA) is 86.9 Å². The van der Waals surface area contributed by atoms with Gasteiger partial charge in [0.2, 0.25) is 11.1 Å². The number of hydrogen-bond acceptors (Lipinski definition) is 7. The van der Waals surface area contributed by atoms with Crippen molar-refractivity contribution < 1.29 is 9.53 Å². The third-order valence-corrected chi connectivity index (χ3v) is 4.53. The van der Waals surface area contributed by atoms with Gasteiger partial charge in [-0.25, -0.2) is 9.48 Å². The summed E-state index contributed by atoms with van der Waals surface area (Å²) in [5.41, 5.74) is 3.07. The molecule has 0 saturated heterocycles. The highest BCUT2D eigenvalue weighted by atomic mass is 32.2. The molecule has 0 saturated carbocycles. The number of allylic oxidation sites excluding steroid dienone is 1. The number of aromatic nitrogens is 5. The Morgan fingerprint density at radius 1 is 1.43 bits per heavy atom. The maximum Gasteiger partial charge on any atom is 0.338 e. The van der Waals surface area contributed by atoms with Crippen LogP contribution in [0.2, 0.25) is 0 Å². The lowest BCUT2D eigenvalue weighted by Gasteiger charge is -2.27. The molecule has 0 unspecified atom stereocenters. The number of anilines is 1. The number of esters is 1. The molecule has 0 radical (unpaired) electrons. The Bertz CT molecular complexity index is 806. The zero-order valence-corrected chi connectivity index (χ0v) is 14.4. The number of nitrogens with zero attached hydrogens (tertiary/aromatic N) is 5. The normalized spacial score (nSPS) is 17.0. The number of carbonyl (C=O) groups is 1. The molecule has 1 aliphatic rings. The van der Waals surface area contributed by atoms with E-state index in [4.69, 9.17) is 4.74 Å². The average Bonchev–Trinajstić information content (AvgIpc) is 3.09. The third kappa shape index (κ3) is 2.40. The number of methoxy groups -OCH3 is 1. The number of ether oxygens (including phenoxy) is 1. The lowest BCUT2D eigenvalue weighted by Crippen LogP contribution is -2.29. The number of fused-ring (bicyclic) bond motifs is 1. The van der Waals surface area contributed by atoms with Gasteiger partial charge < -0.3 is 10.1 Å². The molecule has 8 nitrogen and oxygen atoms in total. The lowest BCUT2D eigenvalue weighted by molar-refractivity contribution is -0.136. The molecule has 0 fully saturated rings. The van der Waals surface area contributed by atoms with E-state index in [1.165, 1.54) is 18.9 Å². The second-order valence-electron chi connectivity index (χ2n) is 5.23. The van der Waals surface area contributed by atoms with E-state index in [1.54, 1.807) is 15.6 Å². The summed E-state index contributed by atoms with van der Waals surface area (Å²) in [7, 11) is 3.24. The van der Waals surface area contributed by atoms with Crippen LogP contribution in [0.25, 0.3) is 0 Å². The molecule has 9 heteroatoms. The Morgan fingerprint density at radius 2 is 2.17 bits per heavy atom. The molecule has 2 aromatic rings. The number of aryl methyl sites for hydroxylation is 1. The highest BCUT2D eigenvalue weighted by Gasteiger charge is 2.36. The molecule has 3 rings (SSSR count). The first-order chi connectivity index (χ1) is 11.0. The van der Waals surface area contributed by atoms with E-state index in [1.807, 2.05) is 27.2 Å². The van der Waals surface area contributed by atoms with Crippen LogP contribution in [0.4, 0.5) is 5.95 Å². The Kier molecular flexibility index (Phi) is 3.88. The van der Waals surface area contributed by atoms with Gasteiger partial charge in [-0.15, -0.1) is 5.10 Å². The Labute approximate surface area is 137 Å². The van der Waals surface area contributed by atoms with Crippen LogP contribution >= 0.6 is 11.8 Å². The molecule has 0 aromatic carbocycles. The van der Waals surface area contributed by atoms with Crippen molar-refractivity contribution in [2.24, 2.45) is 7.05 Å². The zero-order chi connectivity index (χ0) is 16.7. The summed E-state index contributed by atoms with van der Waals surface area (Å²) in [6.07, 6.45) is 3.67. The molecule has 0 bridgehead atoms. The average molecular weight is 334 g/mol. The van der Waals surface area contributed by atoms with Gasteiger partial charge in [0, 0.05) is 24.0 Å². The number of hydrogen-bond donors (Lipinski definition) is 1. The molecule has 0 spiro atoms. The van der Waals surface area contributed by atoms with Gasteiger partial charge in [0.05, 0.1) is 18.9 Å². The van der Waals surface area contributed by atoms with E-state index in [2.05, 4.69) is 20.5 Å². The van der Waals surface area contributed by atoms with Crippen LogP contribution in [-0.4, -0.2) is 43.9 Å². The van der Waals surface area contributed by atoms with Crippen molar-refractivity contribution in [2.75, 3.05) is 18.7 Å². The van der Waals surface area contributed by atoms with Crippen LogP contribution in [0.15, 0.2) is 22.6 Å². The third-order valence-electron chi connectivity index (χ3n) is 3.99. The smallest absolute Gasteiger partial charge is 0.338 e. The monoisotopic (exact) mass is 334 g/mol. The first-order valence-electron chi connectivity index (χ1n) is 7.03. The van der Waals surface area contributed by atoms with Crippen molar-refractivity contribution in [2.45, 2.75) is 25.0 Å². The van der Waals surface area contributed by atoms with Crippen LogP contribution in [0, 0.1) is 6.92 Å². The molecule has 1 atom stereocenters. The van der Waals surface area contributed by atoms with Crippen LogP contribution in [-0.2, 0) is 16.6 Å². The molecule has 23 heavy (non-hydrogen) atoms. The molecule has 0 amide bonds. The summed E-state index contributed by atoms with van der Waals surface area (Å²) in [6.45, 7) is 3.79. The van der Waals surface area contributed by atoms with Crippen molar-refractivity contribution in [1.82, 2.24) is 24.5 Å². The molecule has 1 aliphatic heterocycles. The highest BCUT2D eigenvalue weighted by Crippen LogP contribution is 2.37. The first kappa shape index (κ1) is 15.6. The van der Waals surface area contributed by atoms with Gasteiger partial charge in [0.15, 0.2) is 0 Å². The number of nitrogens with one attached hydrogen (secondary N) is 1. The largest absolute Gasteiger partial charge is 0.466 e. The number of carbonyl (C=O) groups excluding carboxylic acids is 1. The van der Waals surface area contributed by atoms with Gasteiger partial charge in [-0.1, -0.05) is 11.8 Å². The van der Waals surface area contributed by atoms with Crippen molar-refractivity contribution in [3.05, 3.63) is 28.7 Å². The van der Waals surface area contributed by atoms with Crippen molar-refractivity contribution in [3.8, 4) is 0 Å².